The first-order chi connectivity index (χ1) is 14.4. The summed E-state index contributed by atoms with van der Waals surface area (Å²) in [6.45, 7) is 1.71. The van der Waals surface area contributed by atoms with Crippen molar-refractivity contribution in [1.29, 1.82) is 0 Å². The molecular weight excluding hydrogens is 410 g/mol. The Morgan fingerprint density at radius 3 is 2.73 bits per heavy atom. The van der Waals surface area contributed by atoms with Gasteiger partial charge < -0.3 is 19.7 Å². The number of hydrogen-bond donors (Lipinski definition) is 3. The van der Waals surface area contributed by atoms with E-state index in [1.807, 2.05) is 30.3 Å². The number of terminal acetylenes is 1. The summed E-state index contributed by atoms with van der Waals surface area (Å²) in [6, 6.07) is 9.66. The van der Waals surface area contributed by atoms with E-state index in [0.29, 0.717) is 5.75 Å². The van der Waals surface area contributed by atoms with Crippen LogP contribution in [0.25, 0.3) is 0 Å². The lowest BCUT2D eigenvalue weighted by Gasteiger charge is -2.18. The molecule has 1 amide bonds. The summed E-state index contributed by atoms with van der Waals surface area (Å²) in [7, 11) is 0. The van der Waals surface area contributed by atoms with Crippen molar-refractivity contribution >= 4 is 23.7 Å². The van der Waals surface area contributed by atoms with Gasteiger partial charge in [-0.2, -0.15) is 4.98 Å². The quantitative estimate of drug-likeness (QED) is 0.354. The molecule has 0 radical (unpaired) electrons. The number of aliphatic hydroxyl groups is 2. The maximum atomic E-state index is 12.4. The molecule has 0 unspecified atom stereocenters. The Balaban J connectivity index is 1.62. The highest BCUT2D eigenvalue weighted by Crippen LogP contribution is 2.28. The summed E-state index contributed by atoms with van der Waals surface area (Å²) in [5.74, 6) is 2.73. The van der Waals surface area contributed by atoms with Crippen LogP contribution in [0.2, 0.25) is 0 Å². The number of hydrogen-bond acceptors (Lipinski definition) is 8. The standard InChI is InChI=1S/C20H21N3O6S/c1-3-13-11-23(18-16(25)15(24)12(2)29-18)19(26)21-17(13)22-20(27)28-9-10-30-14-7-5-4-6-8-14/h1,4-8,11-12,15-16,18,24-25H,9-10H2,2H3,(H,21,22,26,27)/t12-,15-,16-,18-/m1/s1. The Bertz CT molecular complexity index is 990. The van der Waals surface area contributed by atoms with Crippen molar-refractivity contribution in [2.24, 2.45) is 0 Å². The van der Waals surface area contributed by atoms with E-state index in [1.165, 1.54) is 18.0 Å². The normalized spacial score (nSPS) is 23.0. The van der Waals surface area contributed by atoms with E-state index in [0.717, 1.165) is 9.46 Å². The predicted molar refractivity (Wildman–Crippen MR) is 110 cm³/mol. The summed E-state index contributed by atoms with van der Waals surface area (Å²) >= 11 is 1.53. The van der Waals surface area contributed by atoms with Gasteiger partial charge in [0, 0.05) is 16.8 Å². The molecule has 4 atom stereocenters. The van der Waals surface area contributed by atoms with Crippen molar-refractivity contribution in [2.75, 3.05) is 17.7 Å². The van der Waals surface area contributed by atoms with Crippen molar-refractivity contribution in [1.82, 2.24) is 9.55 Å². The van der Waals surface area contributed by atoms with Crippen molar-refractivity contribution in [3.8, 4) is 12.3 Å². The van der Waals surface area contributed by atoms with Crippen LogP contribution < -0.4 is 11.0 Å². The number of thioether (sulfide) groups is 1. The molecule has 1 aliphatic rings. The second-order valence-corrected chi connectivity index (χ2v) is 7.64. The average Bonchev–Trinajstić information content (AvgIpc) is 2.99. The lowest BCUT2D eigenvalue weighted by Crippen LogP contribution is -2.36. The zero-order valence-corrected chi connectivity index (χ0v) is 16.9. The van der Waals surface area contributed by atoms with Crippen LogP contribution in [0, 0.1) is 12.3 Å². The molecule has 2 heterocycles. The van der Waals surface area contributed by atoms with Crippen LogP contribution in [-0.4, -0.2) is 56.5 Å². The van der Waals surface area contributed by atoms with Gasteiger partial charge in [0.25, 0.3) is 0 Å². The average molecular weight is 431 g/mol. The Kier molecular flexibility index (Phi) is 7.12. The number of aliphatic hydroxyl groups excluding tert-OH is 2. The molecule has 1 aromatic heterocycles. The number of benzene rings is 1. The minimum absolute atomic E-state index is 0.0926. The highest BCUT2D eigenvalue weighted by molar-refractivity contribution is 7.99. The highest BCUT2D eigenvalue weighted by atomic mass is 32.2. The molecule has 158 valence electrons. The second kappa shape index (κ2) is 9.77. The van der Waals surface area contributed by atoms with Gasteiger partial charge in [0.15, 0.2) is 12.0 Å². The molecule has 1 aliphatic heterocycles. The molecule has 1 fully saturated rings. The Morgan fingerprint density at radius 2 is 2.10 bits per heavy atom. The number of aromatic nitrogens is 2. The van der Waals surface area contributed by atoms with Crippen LogP contribution in [0.1, 0.15) is 18.7 Å². The minimum Gasteiger partial charge on any atom is -0.448 e. The Morgan fingerprint density at radius 1 is 1.37 bits per heavy atom. The molecule has 1 aromatic carbocycles. The molecule has 10 heteroatoms. The molecule has 30 heavy (non-hydrogen) atoms. The topological polar surface area (TPSA) is 123 Å². The van der Waals surface area contributed by atoms with Crippen molar-refractivity contribution in [2.45, 2.75) is 36.4 Å². The number of nitrogens with one attached hydrogen (secondary N) is 1. The monoisotopic (exact) mass is 431 g/mol. The summed E-state index contributed by atoms with van der Waals surface area (Å²) in [5.41, 5.74) is -0.718. The van der Waals surface area contributed by atoms with Gasteiger partial charge in [-0.15, -0.1) is 18.2 Å². The van der Waals surface area contributed by atoms with Crippen LogP contribution in [0.4, 0.5) is 10.6 Å². The van der Waals surface area contributed by atoms with Gasteiger partial charge in [0.05, 0.1) is 11.7 Å². The smallest absolute Gasteiger partial charge is 0.412 e. The highest BCUT2D eigenvalue weighted by Gasteiger charge is 2.42. The van der Waals surface area contributed by atoms with Crippen LogP contribution in [-0.2, 0) is 9.47 Å². The maximum Gasteiger partial charge on any atom is 0.412 e. The van der Waals surface area contributed by atoms with E-state index in [9.17, 15) is 19.8 Å². The zero-order valence-electron chi connectivity index (χ0n) is 16.1. The number of amides is 1. The molecule has 2 aromatic rings. The third-order valence-corrected chi connectivity index (χ3v) is 5.38. The van der Waals surface area contributed by atoms with Gasteiger partial charge in [0.1, 0.15) is 18.8 Å². The number of nitrogens with zero attached hydrogens (tertiary/aromatic N) is 2. The summed E-state index contributed by atoms with van der Waals surface area (Å²) < 4.78 is 11.5. The van der Waals surface area contributed by atoms with E-state index in [2.05, 4.69) is 16.2 Å². The summed E-state index contributed by atoms with van der Waals surface area (Å²) in [5, 5.41) is 22.3. The first-order valence-electron chi connectivity index (χ1n) is 9.13. The van der Waals surface area contributed by atoms with Gasteiger partial charge >= 0.3 is 11.8 Å². The van der Waals surface area contributed by atoms with Gasteiger partial charge in [-0.05, 0) is 19.1 Å². The number of anilines is 1. The van der Waals surface area contributed by atoms with Crippen molar-refractivity contribution < 1.29 is 24.5 Å². The molecule has 1 saturated heterocycles. The van der Waals surface area contributed by atoms with E-state index >= 15 is 0 Å². The van der Waals surface area contributed by atoms with E-state index in [1.54, 1.807) is 6.92 Å². The van der Waals surface area contributed by atoms with Crippen molar-refractivity contribution in [3.05, 3.63) is 52.6 Å². The number of carbonyl (C=O) groups excluding carboxylic acids is 1. The Hall–Kier alpha value is -2.84. The largest absolute Gasteiger partial charge is 0.448 e. The molecule has 9 nitrogen and oxygen atoms in total. The molecule has 0 bridgehead atoms. The predicted octanol–water partition coefficient (Wildman–Crippen LogP) is 1.20. The lowest BCUT2D eigenvalue weighted by molar-refractivity contribution is -0.0350. The summed E-state index contributed by atoms with van der Waals surface area (Å²) in [4.78, 5) is 29.2. The van der Waals surface area contributed by atoms with Gasteiger partial charge in [-0.25, -0.2) is 9.59 Å². The number of rotatable bonds is 6. The second-order valence-electron chi connectivity index (χ2n) is 6.47. The molecule has 0 saturated carbocycles. The van der Waals surface area contributed by atoms with Crippen LogP contribution in [0.3, 0.4) is 0 Å². The molecular formula is C20H21N3O6S. The van der Waals surface area contributed by atoms with E-state index < -0.39 is 36.3 Å². The lowest BCUT2D eigenvalue weighted by atomic mass is 10.1. The number of ether oxygens (including phenoxy) is 2. The Labute approximate surface area is 177 Å². The first kappa shape index (κ1) is 21.9. The van der Waals surface area contributed by atoms with E-state index in [-0.39, 0.29) is 18.0 Å². The van der Waals surface area contributed by atoms with Gasteiger partial charge in [-0.3, -0.25) is 9.88 Å². The molecule has 0 spiro atoms. The van der Waals surface area contributed by atoms with Crippen LogP contribution in [0.15, 0.2) is 46.2 Å². The minimum atomic E-state index is -1.32. The zero-order chi connectivity index (χ0) is 21.7. The number of carbonyl (C=O) groups is 1. The SMILES string of the molecule is C#Cc1cn([C@@H]2O[C@H](C)[C@@H](O)[C@H]2O)c(=O)nc1NC(=O)OCCSc1ccccc1. The fraction of sp³-hybridized carbons (Fsp3) is 0.350. The fourth-order valence-electron chi connectivity index (χ4n) is 2.85. The van der Waals surface area contributed by atoms with Gasteiger partial charge in [-0.1, -0.05) is 24.1 Å². The molecule has 0 aliphatic carbocycles. The van der Waals surface area contributed by atoms with Crippen LogP contribution in [0.5, 0.6) is 0 Å². The first-order valence-corrected chi connectivity index (χ1v) is 10.1. The van der Waals surface area contributed by atoms with Gasteiger partial charge in [0.2, 0.25) is 0 Å². The fourth-order valence-corrected chi connectivity index (χ4v) is 3.60. The molecule has 3 N–H and O–H groups in total. The van der Waals surface area contributed by atoms with Crippen LogP contribution >= 0.6 is 11.8 Å². The molecule has 3 rings (SSSR count). The third kappa shape index (κ3) is 5.01. The third-order valence-electron chi connectivity index (χ3n) is 4.41. The summed E-state index contributed by atoms with van der Waals surface area (Å²) in [6.07, 6.45) is 1.60. The van der Waals surface area contributed by atoms with Crippen molar-refractivity contribution in [3.63, 3.8) is 0 Å². The van der Waals surface area contributed by atoms with E-state index in [4.69, 9.17) is 15.9 Å². The maximum absolute atomic E-state index is 12.4.